The number of aromatic amines is 1. The second-order valence-corrected chi connectivity index (χ2v) is 9.26. The van der Waals surface area contributed by atoms with Gasteiger partial charge in [-0.3, -0.25) is 14.6 Å². The molecule has 0 aliphatic heterocycles. The van der Waals surface area contributed by atoms with Crippen LogP contribution in [0.25, 0.3) is 11.0 Å². The fourth-order valence-corrected chi connectivity index (χ4v) is 4.69. The highest BCUT2D eigenvalue weighted by atomic mass is 79.9. The third kappa shape index (κ3) is 4.22. The van der Waals surface area contributed by atoms with E-state index in [0.29, 0.717) is 15.6 Å². The van der Waals surface area contributed by atoms with Crippen molar-refractivity contribution >= 4 is 54.3 Å². The number of anilines is 2. The van der Waals surface area contributed by atoms with Gasteiger partial charge in [0.1, 0.15) is 16.0 Å². The maximum atomic E-state index is 14.8. The predicted octanol–water partition coefficient (Wildman–Crippen LogP) is 3.40. The van der Waals surface area contributed by atoms with Crippen LogP contribution < -0.4 is 10.0 Å². The van der Waals surface area contributed by atoms with Crippen LogP contribution >= 0.6 is 15.9 Å². The minimum atomic E-state index is -3.80. The molecule has 1 fully saturated rings. The van der Waals surface area contributed by atoms with E-state index in [9.17, 15) is 22.0 Å². The van der Waals surface area contributed by atoms with Gasteiger partial charge in [0, 0.05) is 0 Å². The van der Waals surface area contributed by atoms with Crippen molar-refractivity contribution in [1.82, 2.24) is 15.2 Å². The van der Waals surface area contributed by atoms with Crippen LogP contribution in [-0.4, -0.2) is 35.3 Å². The fourth-order valence-electron chi connectivity index (χ4n) is 2.78. The number of carbonyl (C=O) groups is 1. The van der Waals surface area contributed by atoms with Crippen LogP contribution in [0, 0.1) is 17.6 Å². The van der Waals surface area contributed by atoms with Gasteiger partial charge < -0.3 is 5.32 Å². The van der Waals surface area contributed by atoms with E-state index >= 15 is 0 Å². The standard InChI is InChI=1S/C17H14BrF2N5O3S/c18-15-10-5-9(6-21-16(10)24-23-15)22-17(26)13-11(19)3-4-12(14(13)20)25-29(27,28)7-8-1-2-8/h3-6,8,25H,1-2,7H2,(H,22,26)(H,21,23,24). The summed E-state index contributed by atoms with van der Waals surface area (Å²) in [5, 5.41) is 9.50. The molecule has 0 radical (unpaired) electrons. The van der Waals surface area contributed by atoms with Crippen molar-refractivity contribution in [2.24, 2.45) is 5.92 Å². The summed E-state index contributed by atoms with van der Waals surface area (Å²) in [6, 6.07) is 3.30. The maximum Gasteiger partial charge on any atom is 0.261 e. The first-order chi connectivity index (χ1) is 13.7. The lowest BCUT2D eigenvalue weighted by Crippen LogP contribution is -2.21. The topological polar surface area (TPSA) is 117 Å². The van der Waals surface area contributed by atoms with Crippen molar-refractivity contribution in [2.75, 3.05) is 15.8 Å². The number of aromatic nitrogens is 3. The molecule has 0 saturated heterocycles. The normalized spacial score (nSPS) is 14.2. The average Bonchev–Trinajstić information content (AvgIpc) is 3.38. The third-order valence-corrected chi connectivity index (χ3v) is 6.40. The monoisotopic (exact) mass is 485 g/mol. The van der Waals surface area contributed by atoms with Crippen LogP contribution in [0.4, 0.5) is 20.2 Å². The molecule has 0 bridgehead atoms. The van der Waals surface area contributed by atoms with Crippen molar-refractivity contribution in [1.29, 1.82) is 0 Å². The highest BCUT2D eigenvalue weighted by Crippen LogP contribution is 2.31. The van der Waals surface area contributed by atoms with Gasteiger partial charge in [-0.1, -0.05) is 0 Å². The number of sulfonamides is 1. The van der Waals surface area contributed by atoms with Crippen molar-refractivity contribution < 1.29 is 22.0 Å². The van der Waals surface area contributed by atoms with Crippen molar-refractivity contribution in [3.05, 3.63) is 46.2 Å². The predicted molar refractivity (Wildman–Crippen MR) is 106 cm³/mol. The Balaban J connectivity index is 1.60. The summed E-state index contributed by atoms with van der Waals surface area (Å²) in [6.07, 6.45) is 2.88. The molecule has 3 N–H and O–H groups in total. The number of rotatable bonds is 6. The number of halogens is 3. The number of benzene rings is 1. The first-order valence-corrected chi connectivity index (χ1v) is 11.0. The summed E-state index contributed by atoms with van der Waals surface area (Å²) in [5.41, 5.74) is -0.811. The van der Waals surface area contributed by atoms with Gasteiger partial charge in [-0.15, -0.1) is 0 Å². The molecule has 4 rings (SSSR count). The Bertz CT molecular complexity index is 1230. The van der Waals surface area contributed by atoms with E-state index < -0.39 is 38.8 Å². The van der Waals surface area contributed by atoms with Crippen molar-refractivity contribution in [3.63, 3.8) is 0 Å². The summed E-state index contributed by atoms with van der Waals surface area (Å²) in [4.78, 5) is 16.5. The molecule has 12 heteroatoms. The average molecular weight is 486 g/mol. The van der Waals surface area contributed by atoms with Crippen LogP contribution in [-0.2, 0) is 10.0 Å². The van der Waals surface area contributed by atoms with Crippen LogP contribution in [0.1, 0.15) is 23.2 Å². The number of nitrogens with zero attached hydrogens (tertiary/aromatic N) is 2. The number of nitrogens with one attached hydrogen (secondary N) is 3. The Morgan fingerprint density at radius 3 is 2.79 bits per heavy atom. The largest absolute Gasteiger partial charge is 0.320 e. The Labute approximate surface area is 172 Å². The zero-order valence-electron chi connectivity index (χ0n) is 14.7. The minimum absolute atomic E-state index is 0.0449. The molecular formula is C17H14BrF2N5O3S. The van der Waals surface area contributed by atoms with Crippen LogP contribution in [0.15, 0.2) is 29.0 Å². The molecular weight excluding hydrogens is 472 g/mol. The van der Waals surface area contributed by atoms with Gasteiger partial charge in [-0.05, 0) is 52.9 Å². The number of H-pyrrole nitrogens is 1. The van der Waals surface area contributed by atoms with E-state index in [2.05, 4.69) is 41.2 Å². The van der Waals surface area contributed by atoms with Gasteiger partial charge in [-0.25, -0.2) is 22.2 Å². The van der Waals surface area contributed by atoms with Gasteiger partial charge in [0.15, 0.2) is 11.5 Å². The molecule has 29 heavy (non-hydrogen) atoms. The summed E-state index contributed by atoms with van der Waals surface area (Å²) in [6.45, 7) is 0. The maximum absolute atomic E-state index is 14.8. The zero-order chi connectivity index (χ0) is 20.8. The van der Waals surface area contributed by atoms with Gasteiger partial charge in [0.2, 0.25) is 10.0 Å². The summed E-state index contributed by atoms with van der Waals surface area (Å²) in [5.74, 6) is -3.59. The van der Waals surface area contributed by atoms with Gasteiger partial charge in [0.05, 0.1) is 28.7 Å². The molecule has 0 atom stereocenters. The Kier molecular flexibility index (Phi) is 4.99. The first kappa shape index (κ1) is 19.7. The molecule has 0 unspecified atom stereocenters. The lowest BCUT2D eigenvalue weighted by Gasteiger charge is -2.12. The van der Waals surface area contributed by atoms with Gasteiger partial charge in [-0.2, -0.15) is 5.10 Å². The van der Waals surface area contributed by atoms with Gasteiger partial charge in [0.25, 0.3) is 5.91 Å². The van der Waals surface area contributed by atoms with E-state index in [1.165, 1.54) is 12.3 Å². The molecule has 2 heterocycles. The van der Waals surface area contributed by atoms with E-state index in [1.807, 2.05) is 0 Å². The van der Waals surface area contributed by atoms with Gasteiger partial charge >= 0.3 is 0 Å². The molecule has 0 spiro atoms. The number of hydrogen-bond donors (Lipinski definition) is 3. The SMILES string of the molecule is O=C(Nc1cnc2n[nH]c(Br)c2c1)c1c(F)ccc(NS(=O)(=O)CC2CC2)c1F. The molecule has 8 nitrogen and oxygen atoms in total. The second-order valence-electron chi connectivity index (χ2n) is 6.70. The number of pyridine rings is 1. The molecule has 1 aliphatic rings. The Hall–Kier alpha value is -2.60. The lowest BCUT2D eigenvalue weighted by molar-refractivity contribution is 0.101. The lowest BCUT2D eigenvalue weighted by atomic mass is 10.1. The highest BCUT2D eigenvalue weighted by Gasteiger charge is 2.29. The van der Waals surface area contributed by atoms with Crippen molar-refractivity contribution in [3.8, 4) is 0 Å². The highest BCUT2D eigenvalue weighted by molar-refractivity contribution is 9.10. The third-order valence-electron chi connectivity index (χ3n) is 4.36. The number of carbonyl (C=O) groups excluding carboxylic acids is 1. The van der Waals surface area contributed by atoms with Crippen molar-refractivity contribution in [2.45, 2.75) is 12.8 Å². The van der Waals surface area contributed by atoms with Crippen LogP contribution in [0.2, 0.25) is 0 Å². The number of amides is 1. The smallest absolute Gasteiger partial charge is 0.261 e. The Morgan fingerprint density at radius 2 is 2.07 bits per heavy atom. The van der Waals surface area contributed by atoms with E-state index in [4.69, 9.17) is 0 Å². The van der Waals surface area contributed by atoms with E-state index in [0.717, 1.165) is 25.0 Å². The molecule has 1 amide bonds. The molecule has 1 aliphatic carbocycles. The van der Waals surface area contributed by atoms with E-state index in [1.54, 1.807) is 0 Å². The number of hydrogen-bond acceptors (Lipinski definition) is 5. The molecule has 3 aromatic rings. The van der Waals surface area contributed by atoms with Crippen LogP contribution in [0.3, 0.4) is 0 Å². The summed E-state index contributed by atoms with van der Waals surface area (Å²) >= 11 is 3.24. The first-order valence-electron chi connectivity index (χ1n) is 8.53. The van der Waals surface area contributed by atoms with Crippen LogP contribution in [0.5, 0.6) is 0 Å². The summed E-state index contributed by atoms with van der Waals surface area (Å²) < 4.78 is 55.8. The second kappa shape index (κ2) is 7.34. The molecule has 2 aromatic heterocycles. The zero-order valence-corrected chi connectivity index (χ0v) is 17.1. The molecule has 152 valence electrons. The fraction of sp³-hybridized carbons (Fsp3) is 0.235. The summed E-state index contributed by atoms with van der Waals surface area (Å²) in [7, 11) is -3.80. The Morgan fingerprint density at radius 1 is 1.31 bits per heavy atom. The quantitative estimate of drug-likeness (QED) is 0.494. The minimum Gasteiger partial charge on any atom is -0.320 e. The molecule has 1 saturated carbocycles. The number of fused-ring (bicyclic) bond motifs is 1. The molecule has 1 aromatic carbocycles. The van der Waals surface area contributed by atoms with E-state index in [-0.39, 0.29) is 17.4 Å².